The summed E-state index contributed by atoms with van der Waals surface area (Å²) in [5.74, 6) is 2.16. The Balaban J connectivity index is 1.72. The van der Waals surface area contributed by atoms with Crippen molar-refractivity contribution in [3.63, 3.8) is 0 Å². The molecule has 1 aliphatic heterocycles. The average molecular weight is 317 g/mol. The van der Waals surface area contributed by atoms with Crippen LogP contribution in [0.5, 0.6) is 5.75 Å². The molecule has 1 heterocycles. The van der Waals surface area contributed by atoms with Gasteiger partial charge in [-0.25, -0.2) is 0 Å². The van der Waals surface area contributed by atoms with E-state index in [1.165, 1.54) is 41.8 Å². The summed E-state index contributed by atoms with van der Waals surface area (Å²) in [5.41, 5.74) is 9.17. The summed E-state index contributed by atoms with van der Waals surface area (Å²) in [7, 11) is 4.01. The first kappa shape index (κ1) is 14.3. The van der Waals surface area contributed by atoms with Gasteiger partial charge in [-0.15, -0.1) is 0 Å². The van der Waals surface area contributed by atoms with Crippen molar-refractivity contribution in [3.8, 4) is 5.75 Å². The van der Waals surface area contributed by atoms with E-state index in [0.29, 0.717) is 11.8 Å². The first-order valence-electron chi connectivity index (χ1n) is 8.95. The Morgan fingerprint density at radius 3 is 2.71 bits per heavy atom. The average Bonchev–Trinajstić information content (AvgIpc) is 3.27. The fourth-order valence-corrected chi connectivity index (χ4v) is 5.03. The summed E-state index contributed by atoms with van der Waals surface area (Å²) in [6, 6.07) is 15.7. The zero-order chi connectivity index (χ0) is 16.3. The van der Waals surface area contributed by atoms with Crippen LogP contribution in [0, 0.1) is 5.92 Å². The first-order chi connectivity index (χ1) is 11.8. The summed E-state index contributed by atoms with van der Waals surface area (Å²) in [4.78, 5) is 2.47. The molecule has 122 valence electrons. The van der Waals surface area contributed by atoms with Gasteiger partial charge in [-0.05, 0) is 77.9 Å². The monoisotopic (exact) mass is 317 g/mol. The van der Waals surface area contributed by atoms with Gasteiger partial charge in [-0.3, -0.25) is 0 Å². The van der Waals surface area contributed by atoms with E-state index >= 15 is 0 Å². The first-order valence-corrected chi connectivity index (χ1v) is 8.95. The molecule has 0 spiro atoms. The molecule has 0 radical (unpaired) electrons. The van der Waals surface area contributed by atoms with Crippen LogP contribution >= 0.6 is 0 Å². The van der Waals surface area contributed by atoms with Gasteiger partial charge in [-0.1, -0.05) is 30.3 Å². The number of nitrogens with zero attached hydrogens (tertiary/aromatic N) is 1. The van der Waals surface area contributed by atoms with Crippen molar-refractivity contribution < 1.29 is 4.74 Å². The Kier molecular flexibility index (Phi) is 3.11. The van der Waals surface area contributed by atoms with Crippen LogP contribution in [-0.2, 0) is 6.42 Å². The highest BCUT2D eigenvalue weighted by atomic mass is 16.5. The van der Waals surface area contributed by atoms with Crippen molar-refractivity contribution in [1.29, 1.82) is 0 Å². The number of fused-ring (bicyclic) bond motifs is 5. The van der Waals surface area contributed by atoms with Crippen molar-refractivity contribution in [2.75, 3.05) is 27.2 Å². The Labute approximate surface area is 143 Å². The van der Waals surface area contributed by atoms with Gasteiger partial charge in [0, 0.05) is 12.5 Å². The number of allylic oxidation sites excluding steroid dienone is 1. The molecule has 0 saturated carbocycles. The molecule has 1 saturated heterocycles. The molecule has 5 rings (SSSR count). The number of benzene rings is 2. The number of rotatable bonds is 2. The van der Waals surface area contributed by atoms with Gasteiger partial charge in [-0.2, -0.15) is 0 Å². The predicted molar refractivity (Wildman–Crippen MR) is 98.3 cm³/mol. The van der Waals surface area contributed by atoms with Crippen molar-refractivity contribution in [2.45, 2.75) is 18.8 Å². The van der Waals surface area contributed by atoms with E-state index in [1.54, 1.807) is 18.3 Å². The minimum absolute atomic E-state index is 0.522. The standard InChI is InChI=1S/C22H23NO/c1-23-10-9-15(13-23)21-18-8-7-16(24-2)12-19(18)20-11-14-5-3-4-6-17(14)22(20)21/h3-8,12,15,20H,9-11,13H2,1-2H3. The highest BCUT2D eigenvalue weighted by Gasteiger charge is 2.41. The van der Waals surface area contributed by atoms with Gasteiger partial charge in [0.05, 0.1) is 7.11 Å². The molecule has 2 aromatic carbocycles. The number of hydrogen-bond donors (Lipinski definition) is 0. The third-order valence-electron chi connectivity index (χ3n) is 6.09. The summed E-state index contributed by atoms with van der Waals surface area (Å²) in [5, 5.41) is 0. The molecule has 2 heteroatoms. The molecule has 2 atom stereocenters. The van der Waals surface area contributed by atoms with Gasteiger partial charge in [0.2, 0.25) is 0 Å². The van der Waals surface area contributed by atoms with E-state index in [0.717, 1.165) is 12.2 Å². The second-order valence-corrected chi connectivity index (χ2v) is 7.44. The topological polar surface area (TPSA) is 12.5 Å². The molecule has 0 N–H and O–H groups in total. The van der Waals surface area contributed by atoms with Crippen LogP contribution in [0.1, 0.15) is 34.6 Å². The van der Waals surface area contributed by atoms with Crippen molar-refractivity contribution >= 4 is 11.1 Å². The SMILES string of the molecule is COc1ccc2c(c1)C1Cc3ccccc3C1=C2C1CCN(C)C1. The number of ether oxygens (including phenoxy) is 1. The molecule has 2 aromatic rings. The third-order valence-corrected chi connectivity index (χ3v) is 6.09. The fourth-order valence-electron chi connectivity index (χ4n) is 5.03. The van der Waals surface area contributed by atoms with Crippen LogP contribution in [0.3, 0.4) is 0 Å². The Morgan fingerprint density at radius 1 is 1.04 bits per heavy atom. The maximum absolute atomic E-state index is 5.52. The van der Waals surface area contributed by atoms with Gasteiger partial charge < -0.3 is 9.64 Å². The van der Waals surface area contributed by atoms with Gasteiger partial charge in [0.25, 0.3) is 0 Å². The molecule has 3 aliphatic rings. The molecule has 2 nitrogen and oxygen atoms in total. The normalized spacial score (nSPS) is 24.9. The second-order valence-electron chi connectivity index (χ2n) is 7.44. The molecule has 0 amide bonds. The van der Waals surface area contributed by atoms with Crippen LogP contribution in [-0.4, -0.2) is 32.1 Å². The van der Waals surface area contributed by atoms with E-state index in [1.807, 2.05) is 0 Å². The zero-order valence-electron chi connectivity index (χ0n) is 14.4. The minimum Gasteiger partial charge on any atom is -0.497 e. The summed E-state index contributed by atoms with van der Waals surface area (Å²) in [6.07, 6.45) is 2.41. The second kappa shape index (κ2) is 5.22. The highest BCUT2D eigenvalue weighted by molar-refractivity contribution is 6.03. The molecule has 1 fully saturated rings. The summed E-state index contributed by atoms with van der Waals surface area (Å²) >= 11 is 0. The van der Waals surface area contributed by atoms with E-state index in [9.17, 15) is 0 Å². The lowest BCUT2D eigenvalue weighted by molar-refractivity contribution is 0.409. The van der Waals surface area contributed by atoms with Gasteiger partial charge >= 0.3 is 0 Å². The van der Waals surface area contributed by atoms with Crippen molar-refractivity contribution in [3.05, 3.63) is 64.7 Å². The van der Waals surface area contributed by atoms with Crippen LogP contribution in [0.25, 0.3) is 11.1 Å². The highest BCUT2D eigenvalue weighted by Crippen LogP contribution is 2.57. The minimum atomic E-state index is 0.522. The molecule has 0 bridgehead atoms. The maximum atomic E-state index is 5.52. The zero-order valence-corrected chi connectivity index (χ0v) is 14.4. The van der Waals surface area contributed by atoms with Crippen LogP contribution < -0.4 is 4.74 Å². The van der Waals surface area contributed by atoms with E-state index in [-0.39, 0.29) is 0 Å². The molecule has 0 aromatic heterocycles. The molecular formula is C22H23NO. The maximum Gasteiger partial charge on any atom is 0.119 e. The lowest BCUT2D eigenvalue weighted by Crippen LogP contribution is -2.14. The lowest BCUT2D eigenvalue weighted by Gasteiger charge is -2.17. The molecule has 2 aliphatic carbocycles. The Bertz CT molecular complexity index is 851. The smallest absolute Gasteiger partial charge is 0.119 e. The molecule has 24 heavy (non-hydrogen) atoms. The van der Waals surface area contributed by atoms with E-state index in [4.69, 9.17) is 4.74 Å². The summed E-state index contributed by atoms with van der Waals surface area (Å²) < 4.78 is 5.52. The quantitative estimate of drug-likeness (QED) is 0.822. The number of hydrogen-bond acceptors (Lipinski definition) is 2. The largest absolute Gasteiger partial charge is 0.497 e. The predicted octanol–water partition coefficient (Wildman–Crippen LogP) is 4.21. The van der Waals surface area contributed by atoms with Crippen LogP contribution in [0.2, 0.25) is 0 Å². The Morgan fingerprint density at radius 2 is 1.92 bits per heavy atom. The third kappa shape index (κ3) is 1.93. The Hall–Kier alpha value is -2.06. The number of likely N-dealkylation sites (tertiary alicyclic amines) is 1. The fraction of sp³-hybridized carbons (Fsp3) is 0.364. The van der Waals surface area contributed by atoms with Crippen LogP contribution in [0.4, 0.5) is 0 Å². The number of methoxy groups -OCH3 is 1. The van der Waals surface area contributed by atoms with Gasteiger partial charge in [0.1, 0.15) is 5.75 Å². The van der Waals surface area contributed by atoms with Crippen LogP contribution in [0.15, 0.2) is 42.5 Å². The van der Waals surface area contributed by atoms with E-state index < -0.39 is 0 Å². The van der Waals surface area contributed by atoms with Gasteiger partial charge in [0.15, 0.2) is 0 Å². The van der Waals surface area contributed by atoms with Crippen molar-refractivity contribution in [2.24, 2.45) is 5.92 Å². The van der Waals surface area contributed by atoms with Crippen molar-refractivity contribution in [1.82, 2.24) is 4.90 Å². The summed E-state index contributed by atoms with van der Waals surface area (Å²) in [6.45, 7) is 2.39. The molecular weight excluding hydrogens is 294 g/mol. The van der Waals surface area contributed by atoms with E-state index in [2.05, 4.69) is 54.4 Å². The lowest BCUT2D eigenvalue weighted by atomic mass is 9.89. The molecule has 2 unspecified atom stereocenters.